The first kappa shape index (κ1) is 12.9. The van der Waals surface area contributed by atoms with Crippen molar-refractivity contribution in [3.8, 4) is 0 Å². The minimum absolute atomic E-state index is 0.300. The van der Waals surface area contributed by atoms with Crippen molar-refractivity contribution in [1.29, 1.82) is 0 Å². The van der Waals surface area contributed by atoms with E-state index in [-0.39, 0.29) is 12.2 Å². The Morgan fingerprint density at radius 3 is 1.87 bits per heavy atom. The first-order valence-electron chi connectivity index (χ1n) is 6.19. The van der Waals surface area contributed by atoms with Gasteiger partial charge in [-0.1, -0.05) is 19.3 Å². The van der Waals surface area contributed by atoms with Crippen LogP contribution in [0.15, 0.2) is 0 Å². The molecular weight excluding hydrogens is 190 g/mol. The molecule has 1 fully saturated rings. The molecular formula is C12H25NO2. The van der Waals surface area contributed by atoms with Gasteiger partial charge in [0.15, 0.2) is 0 Å². The second-order valence-electron chi connectivity index (χ2n) is 4.94. The molecule has 0 heterocycles. The predicted octanol–water partition coefficient (Wildman–Crippen LogP) is 1.38. The average molecular weight is 215 g/mol. The average Bonchev–Trinajstić information content (AvgIpc) is 2.17. The Morgan fingerprint density at radius 1 is 1.00 bits per heavy atom. The Balaban J connectivity index is 2.45. The van der Waals surface area contributed by atoms with Crippen molar-refractivity contribution in [3.63, 3.8) is 0 Å². The van der Waals surface area contributed by atoms with Crippen molar-refractivity contribution in [1.82, 2.24) is 4.90 Å². The molecule has 0 amide bonds. The third-order valence-corrected chi connectivity index (χ3v) is 3.09. The first-order valence-corrected chi connectivity index (χ1v) is 6.19. The molecule has 1 aliphatic rings. The van der Waals surface area contributed by atoms with Crippen LogP contribution in [0.1, 0.15) is 46.0 Å². The van der Waals surface area contributed by atoms with Crippen molar-refractivity contribution in [2.45, 2.75) is 64.2 Å². The highest BCUT2D eigenvalue weighted by Gasteiger charge is 2.22. The molecule has 3 nitrogen and oxygen atoms in total. The smallest absolute Gasteiger partial charge is 0.0639 e. The number of nitrogens with zero attached hydrogens (tertiary/aromatic N) is 1. The van der Waals surface area contributed by atoms with Crippen LogP contribution in [0.4, 0.5) is 0 Å². The summed E-state index contributed by atoms with van der Waals surface area (Å²) in [7, 11) is 0. The van der Waals surface area contributed by atoms with Crippen molar-refractivity contribution in [2.75, 3.05) is 13.1 Å². The third kappa shape index (κ3) is 4.96. The SMILES string of the molecule is CC(O)CN(CC(C)O)C1CCCCC1. The molecule has 0 bridgehead atoms. The molecule has 3 heteroatoms. The highest BCUT2D eigenvalue weighted by atomic mass is 16.3. The fourth-order valence-corrected chi connectivity index (χ4v) is 2.50. The molecule has 1 aliphatic carbocycles. The highest BCUT2D eigenvalue weighted by molar-refractivity contribution is 4.78. The molecule has 2 atom stereocenters. The molecule has 0 aromatic rings. The summed E-state index contributed by atoms with van der Waals surface area (Å²) in [6.45, 7) is 5.01. The quantitative estimate of drug-likeness (QED) is 0.728. The van der Waals surface area contributed by atoms with Gasteiger partial charge < -0.3 is 10.2 Å². The minimum atomic E-state index is -0.300. The van der Waals surface area contributed by atoms with E-state index in [1.54, 1.807) is 0 Å². The van der Waals surface area contributed by atoms with Gasteiger partial charge in [0.2, 0.25) is 0 Å². The fraction of sp³-hybridized carbons (Fsp3) is 1.00. The number of aliphatic hydroxyl groups is 2. The van der Waals surface area contributed by atoms with Gasteiger partial charge in [-0.2, -0.15) is 0 Å². The Bertz CT molecular complexity index is 155. The van der Waals surface area contributed by atoms with Gasteiger partial charge in [0, 0.05) is 19.1 Å². The van der Waals surface area contributed by atoms with E-state index in [1.807, 2.05) is 13.8 Å². The lowest BCUT2D eigenvalue weighted by molar-refractivity contribution is 0.0455. The Labute approximate surface area is 93.1 Å². The van der Waals surface area contributed by atoms with E-state index in [1.165, 1.54) is 32.1 Å². The summed E-state index contributed by atoms with van der Waals surface area (Å²) in [6, 6.07) is 0.572. The van der Waals surface area contributed by atoms with E-state index >= 15 is 0 Å². The van der Waals surface area contributed by atoms with Crippen molar-refractivity contribution < 1.29 is 10.2 Å². The van der Waals surface area contributed by atoms with Crippen LogP contribution in [0.3, 0.4) is 0 Å². The topological polar surface area (TPSA) is 43.7 Å². The van der Waals surface area contributed by atoms with E-state index in [0.29, 0.717) is 19.1 Å². The lowest BCUT2D eigenvalue weighted by Crippen LogP contribution is -2.44. The van der Waals surface area contributed by atoms with E-state index in [9.17, 15) is 10.2 Å². The van der Waals surface area contributed by atoms with Gasteiger partial charge in [-0.15, -0.1) is 0 Å². The van der Waals surface area contributed by atoms with Gasteiger partial charge in [0.05, 0.1) is 12.2 Å². The standard InChI is InChI=1S/C12H25NO2/c1-10(14)8-13(9-11(2)15)12-6-4-3-5-7-12/h10-12,14-15H,3-9H2,1-2H3. The molecule has 0 aromatic carbocycles. The van der Waals surface area contributed by atoms with Crippen LogP contribution in [0, 0.1) is 0 Å². The summed E-state index contributed by atoms with van der Waals surface area (Å²) < 4.78 is 0. The molecule has 1 saturated carbocycles. The molecule has 2 N–H and O–H groups in total. The molecule has 1 rings (SSSR count). The van der Waals surface area contributed by atoms with Crippen LogP contribution in [0.2, 0.25) is 0 Å². The van der Waals surface area contributed by atoms with Crippen molar-refractivity contribution in [2.24, 2.45) is 0 Å². The van der Waals surface area contributed by atoms with Gasteiger partial charge in [0.25, 0.3) is 0 Å². The molecule has 90 valence electrons. The van der Waals surface area contributed by atoms with Crippen LogP contribution < -0.4 is 0 Å². The largest absolute Gasteiger partial charge is 0.392 e. The van der Waals surface area contributed by atoms with E-state index < -0.39 is 0 Å². The molecule has 0 spiro atoms. The van der Waals surface area contributed by atoms with Crippen LogP contribution in [-0.4, -0.2) is 46.5 Å². The zero-order chi connectivity index (χ0) is 11.3. The van der Waals surface area contributed by atoms with E-state index in [0.717, 1.165) is 0 Å². The Kier molecular flexibility index (Phi) is 5.58. The second kappa shape index (κ2) is 6.46. The number of rotatable bonds is 5. The summed E-state index contributed by atoms with van der Waals surface area (Å²) in [4.78, 5) is 2.26. The molecule has 0 radical (unpaired) electrons. The monoisotopic (exact) mass is 215 g/mol. The fourth-order valence-electron chi connectivity index (χ4n) is 2.50. The Morgan fingerprint density at radius 2 is 1.47 bits per heavy atom. The maximum atomic E-state index is 9.44. The minimum Gasteiger partial charge on any atom is -0.392 e. The summed E-state index contributed by atoms with van der Waals surface area (Å²) in [5.41, 5.74) is 0. The maximum Gasteiger partial charge on any atom is 0.0639 e. The molecule has 0 aromatic heterocycles. The first-order chi connectivity index (χ1) is 7.09. The molecule has 0 saturated heterocycles. The normalized spacial score (nSPS) is 23.0. The zero-order valence-electron chi connectivity index (χ0n) is 10.0. The zero-order valence-corrected chi connectivity index (χ0v) is 10.0. The number of hydrogen-bond donors (Lipinski definition) is 2. The molecule has 0 aliphatic heterocycles. The number of aliphatic hydroxyl groups excluding tert-OH is 2. The van der Waals surface area contributed by atoms with Crippen LogP contribution >= 0.6 is 0 Å². The van der Waals surface area contributed by atoms with Gasteiger partial charge in [-0.3, -0.25) is 4.90 Å². The van der Waals surface area contributed by atoms with Crippen LogP contribution in [0.5, 0.6) is 0 Å². The lowest BCUT2D eigenvalue weighted by atomic mass is 9.94. The summed E-state index contributed by atoms with van der Waals surface area (Å²) in [5.74, 6) is 0. The van der Waals surface area contributed by atoms with Gasteiger partial charge in [-0.25, -0.2) is 0 Å². The van der Waals surface area contributed by atoms with Gasteiger partial charge in [-0.05, 0) is 26.7 Å². The van der Waals surface area contributed by atoms with E-state index in [2.05, 4.69) is 4.90 Å². The second-order valence-corrected chi connectivity index (χ2v) is 4.94. The van der Waals surface area contributed by atoms with Crippen LogP contribution in [0.25, 0.3) is 0 Å². The lowest BCUT2D eigenvalue weighted by Gasteiger charge is -2.35. The molecule has 2 unspecified atom stereocenters. The van der Waals surface area contributed by atoms with Gasteiger partial charge in [0.1, 0.15) is 0 Å². The summed E-state index contributed by atoms with van der Waals surface area (Å²) in [5, 5.41) is 18.9. The Hall–Kier alpha value is -0.120. The highest BCUT2D eigenvalue weighted by Crippen LogP contribution is 2.22. The van der Waals surface area contributed by atoms with Gasteiger partial charge >= 0.3 is 0 Å². The maximum absolute atomic E-state index is 9.44. The van der Waals surface area contributed by atoms with E-state index in [4.69, 9.17) is 0 Å². The van der Waals surface area contributed by atoms with Crippen LogP contribution in [-0.2, 0) is 0 Å². The summed E-state index contributed by atoms with van der Waals surface area (Å²) >= 11 is 0. The third-order valence-electron chi connectivity index (χ3n) is 3.09. The van der Waals surface area contributed by atoms with Crippen molar-refractivity contribution >= 4 is 0 Å². The molecule has 15 heavy (non-hydrogen) atoms. The number of hydrogen-bond acceptors (Lipinski definition) is 3. The van der Waals surface area contributed by atoms with Crippen molar-refractivity contribution in [3.05, 3.63) is 0 Å². The summed E-state index contributed by atoms with van der Waals surface area (Å²) in [6.07, 6.45) is 5.77. The predicted molar refractivity (Wildman–Crippen MR) is 61.8 cm³/mol.